The molecule has 1 saturated heterocycles. The van der Waals surface area contributed by atoms with Crippen LogP contribution in [0.25, 0.3) is 0 Å². The van der Waals surface area contributed by atoms with Crippen LogP contribution >= 0.6 is 0 Å². The molecular formula is C13H12F5NO. The molecule has 0 radical (unpaired) electrons. The van der Waals surface area contributed by atoms with Gasteiger partial charge in [-0.3, -0.25) is 4.79 Å². The van der Waals surface area contributed by atoms with E-state index < -0.39 is 36.6 Å². The molecule has 1 aliphatic heterocycles. The third-order valence-electron chi connectivity index (χ3n) is 3.27. The predicted octanol–water partition coefficient (Wildman–Crippen LogP) is 3.23. The summed E-state index contributed by atoms with van der Waals surface area (Å²) in [7, 11) is 0. The highest BCUT2D eigenvalue weighted by Gasteiger charge is 2.34. The van der Waals surface area contributed by atoms with Gasteiger partial charge in [-0.05, 0) is 17.7 Å². The van der Waals surface area contributed by atoms with Gasteiger partial charge in [0.2, 0.25) is 5.91 Å². The lowest BCUT2D eigenvalue weighted by Gasteiger charge is -2.39. The van der Waals surface area contributed by atoms with E-state index in [0.717, 1.165) is 12.1 Å². The van der Waals surface area contributed by atoms with Gasteiger partial charge in [0, 0.05) is 25.4 Å². The molecular weight excluding hydrogens is 281 g/mol. The van der Waals surface area contributed by atoms with Crippen LogP contribution in [0.4, 0.5) is 22.0 Å². The Kier molecular flexibility index (Phi) is 3.96. The van der Waals surface area contributed by atoms with Crippen molar-refractivity contribution in [1.29, 1.82) is 0 Å². The van der Waals surface area contributed by atoms with Gasteiger partial charge in [-0.15, -0.1) is 0 Å². The fourth-order valence-electron chi connectivity index (χ4n) is 2.07. The minimum atomic E-state index is -4.35. The lowest BCUT2D eigenvalue weighted by Crippen LogP contribution is -2.48. The molecule has 20 heavy (non-hydrogen) atoms. The molecule has 1 aliphatic rings. The molecule has 2 nitrogen and oxygen atoms in total. The van der Waals surface area contributed by atoms with Crippen LogP contribution in [-0.4, -0.2) is 30.1 Å². The van der Waals surface area contributed by atoms with Crippen LogP contribution in [0, 0.1) is 11.6 Å². The van der Waals surface area contributed by atoms with Gasteiger partial charge in [-0.2, -0.15) is 13.2 Å². The van der Waals surface area contributed by atoms with Crippen molar-refractivity contribution in [2.24, 2.45) is 0 Å². The molecule has 0 spiro atoms. The smallest absolute Gasteiger partial charge is 0.341 e. The number of amides is 1. The van der Waals surface area contributed by atoms with Crippen LogP contribution in [0.15, 0.2) is 18.2 Å². The number of nitrogens with zero attached hydrogens (tertiary/aromatic N) is 1. The molecule has 1 aromatic carbocycles. The van der Waals surface area contributed by atoms with Crippen molar-refractivity contribution in [3.8, 4) is 0 Å². The molecule has 0 saturated carbocycles. The normalized spacial score (nSPS) is 16.1. The maximum absolute atomic E-state index is 13.0. The number of rotatable bonds is 3. The van der Waals surface area contributed by atoms with Crippen LogP contribution in [0.3, 0.4) is 0 Å². The molecule has 2 rings (SSSR count). The second kappa shape index (κ2) is 5.38. The molecule has 1 aromatic rings. The molecule has 0 atom stereocenters. The molecule has 1 amide bonds. The Morgan fingerprint density at radius 1 is 1.20 bits per heavy atom. The van der Waals surface area contributed by atoms with E-state index in [4.69, 9.17) is 0 Å². The number of carbonyl (C=O) groups is 1. The van der Waals surface area contributed by atoms with Crippen molar-refractivity contribution in [3.05, 3.63) is 35.4 Å². The molecule has 0 bridgehead atoms. The number of benzene rings is 1. The number of alkyl halides is 3. The quantitative estimate of drug-likeness (QED) is 0.784. The number of hydrogen-bond acceptors (Lipinski definition) is 1. The van der Waals surface area contributed by atoms with Gasteiger partial charge in [0.25, 0.3) is 0 Å². The Balaban J connectivity index is 1.85. The van der Waals surface area contributed by atoms with E-state index in [2.05, 4.69) is 0 Å². The maximum atomic E-state index is 13.0. The van der Waals surface area contributed by atoms with E-state index in [0.29, 0.717) is 5.56 Å². The molecule has 0 unspecified atom stereocenters. The van der Waals surface area contributed by atoms with Gasteiger partial charge >= 0.3 is 6.18 Å². The lowest BCUT2D eigenvalue weighted by atomic mass is 9.91. The predicted molar refractivity (Wildman–Crippen MR) is 61.0 cm³/mol. The molecule has 0 aromatic heterocycles. The second-order valence-electron chi connectivity index (χ2n) is 4.78. The topological polar surface area (TPSA) is 20.3 Å². The largest absolute Gasteiger partial charge is 0.389 e. The van der Waals surface area contributed by atoms with E-state index in [-0.39, 0.29) is 19.0 Å². The minimum Gasteiger partial charge on any atom is -0.341 e. The summed E-state index contributed by atoms with van der Waals surface area (Å²) in [6, 6.07) is 3.47. The fraction of sp³-hybridized carbons (Fsp3) is 0.462. The van der Waals surface area contributed by atoms with Gasteiger partial charge in [-0.1, -0.05) is 6.07 Å². The van der Waals surface area contributed by atoms with E-state index in [1.54, 1.807) is 0 Å². The first-order valence-corrected chi connectivity index (χ1v) is 6.06. The van der Waals surface area contributed by atoms with E-state index >= 15 is 0 Å². The monoisotopic (exact) mass is 293 g/mol. The van der Waals surface area contributed by atoms with Crippen molar-refractivity contribution in [1.82, 2.24) is 4.90 Å². The molecule has 1 heterocycles. The summed E-state index contributed by atoms with van der Waals surface area (Å²) in [5, 5.41) is 0. The zero-order chi connectivity index (χ0) is 14.9. The lowest BCUT2D eigenvalue weighted by molar-refractivity contribution is -0.151. The zero-order valence-corrected chi connectivity index (χ0v) is 10.4. The molecule has 0 aliphatic carbocycles. The average Bonchev–Trinajstić information content (AvgIpc) is 2.28. The first-order chi connectivity index (χ1) is 9.26. The summed E-state index contributed by atoms with van der Waals surface area (Å²) in [4.78, 5) is 12.8. The van der Waals surface area contributed by atoms with Gasteiger partial charge < -0.3 is 4.90 Å². The maximum Gasteiger partial charge on any atom is 0.389 e. The molecule has 0 N–H and O–H groups in total. The molecule has 1 fully saturated rings. The first-order valence-electron chi connectivity index (χ1n) is 6.06. The first kappa shape index (κ1) is 14.7. The SMILES string of the molecule is O=C(CCC(F)(F)F)N1CC(c2ccc(F)c(F)c2)C1. The van der Waals surface area contributed by atoms with Gasteiger partial charge in [0.15, 0.2) is 11.6 Å². The fourth-order valence-corrected chi connectivity index (χ4v) is 2.07. The number of hydrogen-bond donors (Lipinski definition) is 0. The van der Waals surface area contributed by atoms with E-state index in [1.165, 1.54) is 11.0 Å². The summed E-state index contributed by atoms with van der Waals surface area (Å²) in [5.41, 5.74) is 0.545. The van der Waals surface area contributed by atoms with Crippen molar-refractivity contribution in [2.75, 3.05) is 13.1 Å². The van der Waals surface area contributed by atoms with Crippen LogP contribution < -0.4 is 0 Å². The van der Waals surface area contributed by atoms with Crippen molar-refractivity contribution in [2.45, 2.75) is 24.9 Å². The molecule has 110 valence electrons. The second-order valence-corrected chi connectivity index (χ2v) is 4.78. The Labute approximate surface area is 112 Å². The Morgan fingerprint density at radius 3 is 2.40 bits per heavy atom. The van der Waals surface area contributed by atoms with Crippen molar-refractivity contribution < 1.29 is 26.7 Å². The van der Waals surface area contributed by atoms with Crippen molar-refractivity contribution in [3.63, 3.8) is 0 Å². The standard InChI is InChI=1S/C13H12F5NO/c14-10-2-1-8(5-11(10)15)9-6-19(7-9)12(20)3-4-13(16,17)18/h1-2,5,9H,3-4,6-7H2. The van der Waals surface area contributed by atoms with Crippen LogP contribution in [0.5, 0.6) is 0 Å². The highest BCUT2D eigenvalue weighted by atomic mass is 19.4. The summed E-state index contributed by atoms with van der Waals surface area (Å²) in [6.45, 7) is 0.476. The van der Waals surface area contributed by atoms with Gasteiger partial charge in [-0.25, -0.2) is 8.78 Å². The summed E-state index contributed by atoms with van der Waals surface area (Å²) >= 11 is 0. The molecule has 7 heteroatoms. The van der Waals surface area contributed by atoms with Gasteiger partial charge in [0.1, 0.15) is 0 Å². The highest BCUT2D eigenvalue weighted by molar-refractivity contribution is 5.77. The summed E-state index contributed by atoms with van der Waals surface area (Å²) in [5.74, 6) is -2.64. The highest BCUT2D eigenvalue weighted by Crippen LogP contribution is 2.29. The Hall–Kier alpha value is -1.66. The van der Waals surface area contributed by atoms with Gasteiger partial charge in [0.05, 0.1) is 6.42 Å². The van der Waals surface area contributed by atoms with Crippen LogP contribution in [-0.2, 0) is 4.79 Å². The Morgan fingerprint density at radius 2 is 1.85 bits per heavy atom. The number of carbonyl (C=O) groups excluding carboxylic acids is 1. The van der Waals surface area contributed by atoms with E-state index in [9.17, 15) is 26.7 Å². The number of halogens is 5. The van der Waals surface area contributed by atoms with Crippen LogP contribution in [0.2, 0.25) is 0 Å². The van der Waals surface area contributed by atoms with Crippen molar-refractivity contribution >= 4 is 5.91 Å². The zero-order valence-electron chi connectivity index (χ0n) is 10.4. The average molecular weight is 293 g/mol. The summed E-state index contributed by atoms with van der Waals surface area (Å²) < 4.78 is 61.7. The summed E-state index contributed by atoms with van der Waals surface area (Å²) in [6.07, 6.45) is -6.06. The Bertz CT molecular complexity index is 508. The van der Waals surface area contributed by atoms with E-state index in [1.807, 2.05) is 0 Å². The third-order valence-corrected chi connectivity index (χ3v) is 3.27. The minimum absolute atomic E-state index is 0.153. The van der Waals surface area contributed by atoms with Crippen LogP contribution in [0.1, 0.15) is 24.3 Å². The third kappa shape index (κ3) is 3.46. The number of likely N-dealkylation sites (tertiary alicyclic amines) is 1.